The van der Waals surface area contributed by atoms with E-state index in [1.54, 1.807) is 0 Å². The van der Waals surface area contributed by atoms with Crippen molar-refractivity contribution in [3.05, 3.63) is 28.8 Å². The second kappa shape index (κ2) is 6.29. The number of aryl methyl sites for hydroxylation is 1. The van der Waals surface area contributed by atoms with Crippen molar-refractivity contribution in [2.45, 2.75) is 26.7 Å². The van der Waals surface area contributed by atoms with Crippen LogP contribution in [0, 0.1) is 12.8 Å². The zero-order valence-electron chi connectivity index (χ0n) is 11.6. The molecule has 1 heterocycles. The molecule has 104 valence electrons. The Morgan fingerprint density at radius 2 is 2.32 bits per heavy atom. The Kier molecular flexibility index (Phi) is 4.70. The molecule has 3 nitrogen and oxygen atoms in total. The van der Waals surface area contributed by atoms with E-state index < -0.39 is 0 Å². The van der Waals surface area contributed by atoms with Gasteiger partial charge in [0.1, 0.15) is 0 Å². The standard InChI is InChI=1S/C15H21ClN2O/c1-11-5-6-14(13(16)8-11)17-9-15(19)18-7-3-4-12(2)10-18/h5-6,8,12,17H,3-4,7,9-10H2,1-2H3. The third-order valence-corrected chi connectivity index (χ3v) is 3.88. The Bertz CT molecular complexity index is 461. The summed E-state index contributed by atoms with van der Waals surface area (Å²) in [5, 5.41) is 3.80. The van der Waals surface area contributed by atoms with E-state index in [0.29, 0.717) is 17.5 Å². The first-order valence-corrected chi connectivity index (χ1v) is 7.22. The summed E-state index contributed by atoms with van der Waals surface area (Å²) in [6.45, 7) is 6.27. The van der Waals surface area contributed by atoms with E-state index in [4.69, 9.17) is 11.6 Å². The molecule has 0 aromatic heterocycles. The highest BCUT2D eigenvalue weighted by atomic mass is 35.5. The third-order valence-electron chi connectivity index (χ3n) is 3.56. The lowest BCUT2D eigenvalue weighted by molar-refractivity contribution is -0.130. The molecule has 4 heteroatoms. The predicted molar refractivity (Wildman–Crippen MR) is 79.7 cm³/mol. The number of likely N-dealkylation sites (tertiary alicyclic amines) is 1. The van der Waals surface area contributed by atoms with Crippen LogP contribution in [0.4, 0.5) is 5.69 Å². The Morgan fingerprint density at radius 1 is 1.53 bits per heavy atom. The molecule has 1 amide bonds. The molecule has 1 aromatic rings. The van der Waals surface area contributed by atoms with E-state index in [0.717, 1.165) is 30.8 Å². The van der Waals surface area contributed by atoms with Gasteiger partial charge in [0.05, 0.1) is 17.3 Å². The number of hydrogen-bond acceptors (Lipinski definition) is 2. The van der Waals surface area contributed by atoms with Gasteiger partial charge in [-0.1, -0.05) is 24.6 Å². The van der Waals surface area contributed by atoms with Crippen LogP contribution in [-0.2, 0) is 4.79 Å². The summed E-state index contributed by atoms with van der Waals surface area (Å²) >= 11 is 6.13. The monoisotopic (exact) mass is 280 g/mol. The van der Waals surface area contributed by atoms with Crippen LogP contribution in [0.15, 0.2) is 18.2 Å². The van der Waals surface area contributed by atoms with Crippen LogP contribution < -0.4 is 5.32 Å². The summed E-state index contributed by atoms with van der Waals surface area (Å²) in [5.74, 6) is 0.767. The number of benzene rings is 1. The number of anilines is 1. The van der Waals surface area contributed by atoms with Crippen molar-refractivity contribution in [2.24, 2.45) is 5.92 Å². The topological polar surface area (TPSA) is 32.3 Å². The second-order valence-corrected chi connectivity index (χ2v) is 5.83. The fourth-order valence-corrected chi connectivity index (χ4v) is 2.76. The highest BCUT2D eigenvalue weighted by molar-refractivity contribution is 6.33. The minimum Gasteiger partial charge on any atom is -0.375 e. The SMILES string of the molecule is Cc1ccc(NCC(=O)N2CCCC(C)C2)c(Cl)c1. The molecule has 1 saturated heterocycles. The summed E-state index contributed by atoms with van der Waals surface area (Å²) in [5.41, 5.74) is 1.94. The first-order chi connectivity index (χ1) is 9.06. The first-order valence-electron chi connectivity index (χ1n) is 6.84. The van der Waals surface area contributed by atoms with Crippen LogP contribution in [0.1, 0.15) is 25.3 Å². The average Bonchev–Trinajstić information content (AvgIpc) is 2.37. The smallest absolute Gasteiger partial charge is 0.241 e. The quantitative estimate of drug-likeness (QED) is 0.921. The predicted octanol–water partition coefficient (Wildman–Crippen LogP) is 3.32. The number of rotatable bonds is 3. The van der Waals surface area contributed by atoms with Gasteiger partial charge in [-0.2, -0.15) is 0 Å². The van der Waals surface area contributed by atoms with Crippen LogP contribution in [0.25, 0.3) is 0 Å². The fraction of sp³-hybridized carbons (Fsp3) is 0.533. The van der Waals surface area contributed by atoms with Crippen molar-refractivity contribution in [1.82, 2.24) is 4.90 Å². The molecular formula is C15H21ClN2O. The number of carbonyl (C=O) groups excluding carboxylic acids is 1. The lowest BCUT2D eigenvalue weighted by Crippen LogP contribution is -2.41. The van der Waals surface area contributed by atoms with Gasteiger partial charge in [-0.25, -0.2) is 0 Å². The minimum absolute atomic E-state index is 0.156. The van der Waals surface area contributed by atoms with Crippen molar-refractivity contribution in [2.75, 3.05) is 25.0 Å². The van der Waals surface area contributed by atoms with Gasteiger partial charge < -0.3 is 10.2 Å². The second-order valence-electron chi connectivity index (χ2n) is 5.42. The van der Waals surface area contributed by atoms with Gasteiger partial charge in [0, 0.05) is 13.1 Å². The highest BCUT2D eigenvalue weighted by Crippen LogP contribution is 2.22. The Hall–Kier alpha value is -1.22. The first kappa shape index (κ1) is 14.2. The van der Waals surface area contributed by atoms with E-state index in [1.165, 1.54) is 6.42 Å². The number of nitrogens with zero attached hydrogens (tertiary/aromatic N) is 1. The van der Waals surface area contributed by atoms with Crippen LogP contribution in [0.5, 0.6) is 0 Å². The summed E-state index contributed by atoms with van der Waals surface area (Å²) in [7, 11) is 0. The van der Waals surface area contributed by atoms with Crippen molar-refractivity contribution in [3.63, 3.8) is 0 Å². The number of halogens is 1. The molecule has 0 aliphatic carbocycles. The van der Waals surface area contributed by atoms with Gasteiger partial charge in [0.2, 0.25) is 5.91 Å². The number of piperidine rings is 1. The van der Waals surface area contributed by atoms with Crippen molar-refractivity contribution >= 4 is 23.2 Å². The van der Waals surface area contributed by atoms with E-state index in [9.17, 15) is 4.79 Å². The molecule has 1 N–H and O–H groups in total. The van der Waals surface area contributed by atoms with Crippen LogP contribution >= 0.6 is 11.6 Å². The number of amides is 1. The molecular weight excluding hydrogens is 260 g/mol. The van der Waals surface area contributed by atoms with E-state index in [-0.39, 0.29) is 5.91 Å². The molecule has 1 aliphatic heterocycles. The van der Waals surface area contributed by atoms with Crippen molar-refractivity contribution < 1.29 is 4.79 Å². The van der Waals surface area contributed by atoms with E-state index in [1.807, 2.05) is 30.0 Å². The summed E-state index contributed by atoms with van der Waals surface area (Å²) in [6.07, 6.45) is 2.33. The number of carbonyl (C=O) groups is 1. The van der Waals surface area contributed by atoms with Gasteiger partial charge >= 0.3 is 0 Å². The summed E-state index contributed by atoms with van der Waals surface area (Å²) in [4.78, 5) is 14.1. The molecule has 0 bridgehead atoms. The maximum absolute atomic E-state index is 12.1. The molecule has 1 fully saturated rings. The van der Waals surface area contributed by atoms with Gasteiger partial charge in [-0.05, 0) is 43.4 Å². The van der Waals surface area contributed by atoms with Gasteiger partial charge in [0.25, 0.3) is 0 Å². The largest absolute Gasteiger partial charge is 0.375 e. The molecule has 0 radical (unpaired) electrons. The van der Waals surface area contributed by atoms with Crippen LogP contribution in [0.2, 0.25) is 5.02 Å². The Labute approximate surface area is 119 Å². The number of nitrogens with one attached hydrogen (secondary N) is 1. The maximum atomic E-state index is 12.1. The van der Waals surface area contributed by atoms with Gasteiger partial charge in [-0.15, -0.1) is 0 Å². The Morgan fingerprint density at radius 3 is 3.00 bits per heavy atom. The van der Waals surface area contributed by atoms with Crippen LogP contribution in [0.3, 0.4) is 0 Å². The van der Waals surface area contributed by atoms with Gasteiger partial charge in [-0.3, -0.25) is 4.79 Å². The van der Waals surface area contributed by atoms with Crippen molar-refractivity contribution in [1.29, 1.82) is 0 Å². The van der Waals surface area contributed by atoms with Gasteiger partial charge in [0.15, 0.2) is 0 Å². The average molecular weight is 281 g/mol. The molecule has 0 spiro atoms. The molecule has 1 unspecified atom stereocenters. The molecule has 2 rings (SSSR count). The minimum atomic E-state index is 0.156. The summed E-state index contributed by atoms with van der Waals surface area (Å²) < 4.78 is 0. The third kappa shape index (κ3) is 3.87. The lowest BCUT2D eigenvalue weighted by Gasteiger charge is -2.31. The fourth-order valence-electron chi connectivity index (χ4n) is 2.46. The zero-order chi connectivity index (χ0) is 13.8. The number of hydrogen-bond donors (Lipinski definition) is 1. The normalized spacial score (nSPS) is 19.3. The molecule has 1 aliphatic rings. The lowest BCUT2D eigenvalue weighted by atomic mass is 10.0. The molecule has 1 aromatic carbocycles. The summed E-state index contributed by atoms with van der Waals surface area (Å²) in [6, 6.07) is 5.81. The van der Waals surface area contributed by atoms with Crippen LogP contribution in [-0.4, -0.2) is 30.4 Å². The Balaban J connectivity index is 1.89. The molecule has 1 atom stereocenters. The van der Waals surface area contributed by atoms with E-state index >= 15 is 0 Å². The highest BCUT2D eigenvalue weighted by Gasteiger charge is 2.20. The van der Waals surface area contributed by atoms with Crippen molar-refractivity contribution in [3.8, 4) is 0 Å². The molecule has 0 saturated carbocycles. The molecule has 19 heavy (non-hydrogen) atoms. The maximum Gasteiger partial charge on any atom is 0.241 e. The van der Waals surface area contributed by atoms with E-state index in [2.05, 4.69) is 12.2 Å². The zero-order valence-corrected chi connectivity index (χ0v) is 12.3.